The van der Waals surface area contributed by atoms with Crippen LogP contribution in [0, 0.1) is 6.92 Å². The molecule has 0 saturated heterocycles. The van der Waals surface area contributed by atoms with E-state index in [9.17, 15) is 4.79 Å². The van der Waals surface area contributed by atoms with Crippen molar-refractivity contribution in [3.63, 3.8) is 0 Å². The first-order valence-electron chi connectivity index (χ1n) is 8.43. The number of carbonyl (C=O) groups is 1. The average Bonchev–Trinajstić information content (AvgIpc) is 3.21. The van der Waals surface area contributed by atoms with E-state index in [0.29, 0.717) is 12.3 Å². The Kier molecular flexibility index (Phi) is 5.72. The molecule has 0 radical (unpaired) electrons. The fourth-order valence-corrected chi connectivity index (χ4v) is 3.42. The van der Waals surface area contributed by atoms with Gasteiger partial charge >= 0.3 is 0 Å². The lowest BCUT2D eigenvalue weighted by atomic mass is 10.1. The van der Waals surface area contributed by atoms with Crippen LogP contribution in [-0.2, 0) is 17.8 Å². The summed E-state index contributed by atoms with van der Waals surface area (Å²) in [7, 11) is 0. The van der Waals surface area contributed by atoms with Crippen LogP contribution in [0.25, 0.3) is 0 Å². The number of aromatic nitrogens is 4. The number of hydrogen-bond donors (Lipinski definition) is 1. The van der Waals surface area contributed by atoms with E-state index < -0.39 is 0 Å². The van der Waals surface area contributed by atoms with Gasteiger partial charge in [0, 0.05) is 19.0 Å². The number of carbonyl (C=O) groups excluding carboxylic acids is 1. The predicted octanol–water partition coefficient (Wildman–Crippen LogP) is 3.30. The van der Waals surface area contributed by atoms with E-state index in [0.717, 1.165) is 23.2 Å². The molecule has 1 atom stereocenters. The van der Waals surface area contributed by atoms with Gasteiger partial charge in [0.2, 0.25) is 11.8 Å². The van der Waals surface area contributed by atoms with Crippen LogP contribution in [0.15, 0.2) is 46.1 Å². The standard InChI is InChI=1S/C18H21N5O2S/c1-4-23-15(11-14-8-6-5-7-9-14)20-21-18(23)26-13(3)17(24)19-16-10-12(2)22-25-16/h5-10,13H,4,11H2,1-3H3,(H,19,24). The number of aryl methyl sites for hydroxylation is 1. The molecule has 0 fully saturated rings. The number of amides is 1. The van der Waals surface area contributed by atoms with Crippen LogP contribution in [0.3, 0.4) is 0 Å². The van der Waals surface area contributed by atoms with Gasteiger partial charge in [0.15, 0.2) is 5.16 Å². The molecule has 0 aliphatic carbocycles. The minimum Gasteiger partial charge on any atom is -0.338 e. The number of rotatable bonds is 7. The van der Waals surface area contributed by atoms with Gasteiger partial charge < -0.3 is 9.09 Å². The summed E-state index contributed by atoms with van der Waals surface area (Å²) in [5.74, 6) is 1.07. The highest BCUT2D eigenvalue weighted by Gasteiger charge is 2.20. The van der Waals surface area contributed by atoms with E-state index >= 15 is 0 Å². The highest BCUT2D eigenvalue weighted by atomic mass is 32.2. The number of anilines is 1. The summed E-state index contributed by atoms with van der Waals surface area (Å²) in [5.41, 5.74) is 1.90. The van der Waals surface area contributed by atoms with E-state index in [4.69, 9.17) is 4.52 Å². The van der Waals surface area contributed by atoms with Crippen LogP contribution in [0.1, 0.15) is 30.9 Å². The summed E-state index contributed by atoms with van der Waals surface area (Å²) in [4.78, 5) is 12.3. The molecule has 1 unspecified atom stereocenters. The van der Waals surface area contributed by atoms with Gasteiger partial charge in [-0.05, 0) is 26.3 Å². The van der Waals surface area contributed by atoms with Crippen LogP contribution in [0.2, 0.25) is 0 Å². The number of thioether (sulfide) groups is 1. The molecular weight excluding hydrogens is 350 g/mol. The number of nitrogens with zero attached hydrogens (tertiary/aromatic N) is 4. The molecule has 2 aromatic heterocycles. The van der Waals surface area contributed by atoms with Crippen molar-refractivity contribution >= 4 is 23.6 Å². The summed E-state index contributed by atoms with van der Waals surface area (Å²) in [6.45, 7) is 6.42. The van der Waals surface area contributed by atoms with E-state index in [-0.39, 0.29) is 11.2 Å². The van der Waals surface area contributed by atoms with Gasteiger partial charge in [0.1, 0.15) is 5.82 Å². The van der Waals surface area contributed by atoms with Crippen molar-refractivity contribution in [3.05, 3.63) is 53.5 Å². The first-order chi connectivity index (χ1) is 12.6. The maximum absolute atomic E-state index is 12.3. The molecule has 0 saturated carbocycles. The van der Waals surface area contributed by atoms with Crippen molar-refractivity contribution in [1.82, 2.24) is 19.9 Å². The molecule has 0 aliphatic heterocycles. The molecule has 1 aromatic carbocycles. The Morgan fingerprint density at radius 3 is 2.73 bits per heavy atom. The Bertz CT molecular complexity index is 875. The minimum atomic E-state index is -0.348. The van der Waals surface area contributed by atoms with Crippen molar-refractivity contribution in [1.29, 1.82) is 0 Å². The van der Waals surface area contributed by atoms with E-state index in [1.54, 1.807) is 13.0 Å². The lowest BCUT2D eigenvalue weighted by Crippen LogP contribution is -2.22. The molecule has 0 bridgehead atoms. The van der Waals surface area contributed by atoms with Crippen LogP contribution < -0.4 is 5.32 Å². The van der Waals surface area contributed by atoms with Crippen LogP contribution in [0.4, 0.5) is 5.88 Å². The van der Waals surface area contributed by atoms with Gasteiger partial charge in [-0.2, -0.15) is 0 Å². The molecule has 3 rings (SSSR count). The first kappa shape index (κ1) is 18.2. The maximum atomic E-state index is 12.3. The lowest BCUT2D eigenvalue weighted by Gasteiger charge is -2.11. The average molecular weight is 371 g/mol. The van der Waals surface area contributed by atoms with Crippen molar-refractivity contribution in [2.75, 3.05) is 5.32 Å². The number of nitrogens with one attached hydrogen (secondary N) is 1. The van der Waals surface area contributed by atoms with Crippen LogP contribution in [-0.4, -0.2) is 31.1 Å². The number of hydrogen-bond acceptors (Lipinski definition) is 6. The molecule has 2 heterocycles. The normalized spacial score (nSPS) is 12.1. The monoisotopic (exact) mass is 371 g/mol. The fraction of sp³-hybridized carbons (Fsp3) is 0.333. The second kappa shape index (κ2) is 8.18. The predicted molar refractivity (Wildman–Crippen MR) is 100 cm³/mol. The Morgan fingerprint density at radius 1 is 1.31 bits per heavy atom. The van der Waals surface area contributed by atoms with Gasteiger partial charge in [0.05, 0.1) is 10.9 Å². The third-order valence-corrected chi connectivity index (χ3v) is 4.92. The SMILES string of the molecule is CCn1c(Cc2ccccc2)nnc1SC(C)C(=O)Nc1cc(C)no1. The van der Waals surface area contributed by atoms with Crippen molar-refractivity contribution < 1.29 is 9.32 Å². The second-order valence-corrected chi connectivity index (χ2v) is 7.20. The van der Waals surface area contributed by atoms with Crippen molar-refractivity contribution in [2.24, 2.45) is 0 Å². The Morgan fingerprint density at radius 2 is 2.08 bits per heavy atom. The zero-order chi connectivity index (χ0) is 18.5. The van der Waals surface area contributed by atoms with E-state index in [2.05, 4.69) is 32.8 Å². The molecule has 1 amide bonds. The molecule has 26 heavy (non-hydrogen) atoms. The van der Waals surface area contributed by atoms with Crippen LogP contribution >= 0.6 is 11.8 Å². The Hall–Kier alpha value is -2.61. The van der Waals surface area contributed by atoms with Crippen LogP contribution in [0.5, 0.6) is 0 Å². The maximum Gasteiger partial charge on any atom is 0.240 e. The van der Waals surface area contributed by atoms with Gasteiger partial charge in [-0.3, -0.25) is 10.1 Å². The molecule has 3 aromatic rings. The summed E-state index contributed by atoms with van der Waals surface area (Å²) < 4.78 is 7.07. The minimum absolute atomic E-state index is 0.165. The Balaban J connectivity index is 1.68. The van der Waals surface area contributed by atoms with Crippen molar-refractivity contribution in [3.8, 4) is 0 Å². The highest BCUT2D eigenvalue weighted by Crippen LogP contribution is 2.24. The first-order valence-corrected chi connectivity index (χ1v) is 9.31. The molecule has 7 nitrogen and oxygen atoms in total. The molecular formula is C18H21N5O2S. The third kappa shape index (κ3) is 4.32. The number of benzene rings is 1. The summed E-state index contributed by atoms with van der Waals surface area (Å²) >= 11 is 1.38. The topological polar surface area (TPSA) is 85.8 Å². The Labute approximate surface area is 156 Å². The second-order valence-electron chi connectivity index (χ2n) is 5.89. The van der Waals surface area contributed by atoms with Gasteiger partial charge in [0.25, 0.3) is 0 Å². The zero-order valence-corrected chi connectivity index (χ0v) is 15.8. The van der Waals surface area contributed by atoms with Crippen molar-refractivity contribution in [2.45, 2.75) is 44.1 Å². The third-order valence-electron chi connectivity index (χ3n) is 3.84. The highest BCUT2D eigenvalue weighted by molar-refractivity contribution is 8.00. The van der Waals surface area contributed by atoms with E-state index in [1.165, 1.54) is 17.3 Å². The molecule has 0 aliphatic rings. The molecule has 1 N–H and O–H groups in total. The van der Waals surface area contributed by atoms with Gasteiger partial charge in [-0.25, -0.2) is 0 Å². The smallest absolute Gasteiger partial charge is 0.240 e. The lowest BCUT2D eigenvalue weighted by molar-refractivity contribution is -0.115. The molecule has 136 valence electrons. The zero-order valence-electron chi connectivity index (χ0n) is 15.0. The summed E-state index contributed by atoms with van der Waals surface area (Å²) in [5, 5.41) is 15.5. The fourth-order valence-electron chi connectivity index (χ4n) is 2.49. The summed E-state index contributed by atoms with van der Waals surface area (Å²) in [6, 6.07) is 11.8. The molecule has 8 heteroatoms. The van der Waals surface area contributed by atoms with E-state index in [1.807, 2.05) is 36.6 Å². The van der Waals surface area contributed by atoms with Gasteiger partial charge in [-0.15, -0.1) is 10.2 Å². The summed E-state index contributed by atoms with van der Waals surface area (Å²) in [6.07, 6.45) is 0.708. The van der Waals surface area contributed by atoms with Gasteiger partial charge in [-0.1, -0.05) is 47.3 Å². The quantitative estimate of drug-likeness (QED) is 0.641. The largest absolute Gasteiger partial charge is 0.338 e. The molecule has 0 spiro atoms.